The van der Waals surface area contributed by atoms with Crippen LogP contribution in [-0.4, -0.2) is 33.1 Å². The van der Waals surface area contributed by atoms with Gasteiger partial charge in [-0.1, -0.05) is 0 Å². The molecule has 0 fully saturated rings. The number of nitrogen functional groups attached to an aromatic ring is 1. The van der Waals surface area contributed by atoms with Gasteiger partial charge < -0.3 is 10.5 Å². The van der Waals surface area contributed by atoms with E-state index in [1.54, 1.807) is 11.8 Å². The fourth-order valence-electron chi connectivity index (χ4n) is 1.28. The first-order valence-electron chi connectivity index (χ1n) is 5.70. The maximum atomic E-state index is 12.2. The molecular weight excluding hydrogens is 284 g/mol. The van der Waals surface area contributed by atoms with Gasteiger partial charge in [-0.3, -0.25) is 0 Å². The Morgan fingerprint density at radius 2 is 2.05 bits per heavy atom. The summed E-state index contributed by atoms with van der Waals surface area (Å²) in [5.41, 5.74) is 6.07. The molecule has 3 N–H and O–H groups in total. The zero-order chi connectivity index (χ0) is 14.7. The SMILES string of the molecule is COc1cc(S(=O)(=O)NCC(C)(C)SC)ccc1N. The molecule has 0 aromatic heterocycles. The molecule has 0 heterocycles. The maximum absolute atomic E-state index is 12.2. The van der Waals surface area contributed by atoms with Gasteiger partial charge in [-0.15, -0.1) is 0 Å². The molecule has 0 spiro atoms. The van der Waals surface area contributed by atoms with Crippen LogP contribution < -0.4 is 15.2 Å². The second-order valence-electron chi connectivity index (χ2n) is 4.69. The van der Waals surface area contributed by atoms with Gasteiger partial charge in [0.1, 0.15) is 5.75 Å². The van der Waals surface area contributed by atoms with Crippen LogP contribution in [0.3, 0.4) is 0 Å². The number of nitrogens with two attached hydrogens (primary N) is 1. The van der Waals surface area contributed by atoms with E-state index >= 15 is 0 Å². The summed E-state index contributed by atoms with van der Waals surface area (Å²) < 4.78 is 31.8. The largest absolute Gasteiger partial charge is 0.495 e. The van der Waals surface area contributed by atoms with Crippen molar-refractivity contribution in [2.24, 2.45) is 0 Å². The quantitative estimate of drug-likeness (QED) is 0.782. The summed E-state index contributed by atoms with van der Waals surface area (Å²) in [4.78, 5) is 0.149. The zero-order valence-corrected chi connectivity index (χ0v) is 13.2. The predicted octanol–water partition coefficient (Wildman–Crippen LogP) is 1.70. The molecule has 0 aliphatic carbocycles. The van der Waals surface area contributed by atoms with Gasteiger partial charge in [-0.25, -0.2) is 13.1 Å². The minimum atomic E-state index is -3.55. The highest BCUT2D eigenvalue weighted by Gasteiger charge is 2.22. The maximum Gasteiger partial charge on any atom is 0.240 e. The summed E-state index contributed by atoms with van der Waals surface area (Å²) in [5, 5.41) is 0. The van der Waals surface area contributed by atoms with Gasteiger partial charge in [0.2, 0.25) is 10.0 Å². The average molecular weight is 304 g/mol. The van der Waals surface area contributed by atoms with E-state index < -0.39 is 10.0 Å². The van der Waals surface area contributed by atoms with E-state index in [9.17, 15) is 8.42 Å². The first-order valence-corrected chi connectivity index (χ1v) is 8.41. The Kier molecular flexibility index (Phi) is 5.11. The second kappa shape index (κ2) is 6.02. The Hall–Kier alpha value is -0.920. The zero-order valence-electron chi connectivity index (χ0n) is 11.6. The lowest BCUT2D eigenvalue weighted by molar-refractivity contribution is 0.415. The number of rotatable bonds is 6. The highest BCUT2D eigenvalue weighted by molar-refractivity contribution is 8.00. The van der Waals surface area contributed by atoms with E-state index in [1.165, 1.54) is 25.3 Å². The van der Waals surface area contributed by atoms with Gasteiger partial charge >= 0.3 is 0 Å². The van der Waals surface area contributed by atoms with Crippen LogP contribution in [-0.2, 0) is 10.0 Å². The van der Waals surface area contributed by atoms with Gasteiger partial charge in [0.05, 0.1) is 17.7 Å². The van der Waals surface area contributed by atoms with Crippen molar-refractivity contribution in [1.29, 1.82) is 0 Å². The standard InChI is InChI=1S/C12H20N2O3S2/c1-12(2,18-4)8-14-19(15,16)9-5-6-10(13)11(7-9)17-3/h5-7,14H,8,13H2,1-4H3. The van der Waals surface area contributed by atoms with E-state index in [0.29, 0.717) is 18.0 Å². The summed E-state index contributed by atoms with van der Waals surface area (Å²) in [5.74, 6) is 0.354. The van der Waals surface area contributed by atoms with Gasteiger partial charge in [-0.05, 0) is 32.2 Å². The second-order valence-corrected chi connectivity index (χ2v) is 7.97. The molecule has 1 aromatic rings. The molecule has 108 valence electrons. The Labute approximate surface area is 119 Å². The molecule has 0 radical (unpaired) electrons. The van der Waals surface area contributed by atoms with Crippen LogP contribution in [0.4, 0.5) is 5.69 Å². The summed E-state index contributed by atoms with van der Waals surface area (Å²) in [6.07, 6.45) is 1.94. The molecule has 0 amide bonds. The fraction of sp³-hybridized carbons (Fsp3) is 0.500. The Balaban J connectivity index is 2.95. The minimum Gasteiger partial charge on any atom is -0.495 e. The van der Waals surface area contributed by atoms with Gasteiger partial charge in [0.25, 0.3) is 0 Å². The number of sulfonamides is 1. The highest BCUT2D eigenvalue weighted by atomic mass is 32.2. The van der Waals surface area contributed by atoms with Crippen molar-refractivity contribution in [1.82, 2.24) is 4.72 Å². The molecule has 1 aromatic carbocycles. The molecule has 0 saturated carbocycles. The summed E-state index contributed by atoms with van der Waals surface area (Å²) in [6, 6.07) is 4.41. The van der Waals surface area contributed by atoms with Gasteiger partial charge in [-0.2, -0.15) is 11.8 Å². The Morgan fingerprint density at radius 1 is 1.42 bits per heavy atom. The normalized spacial score (nSPS) is 12.4. The Bertz CT molecular complexity index is 542. The molecule has 0 bridgehead atoms. The average Bonchev–Trinajstić information content (AvgIpc) is 2.37. The molecular formula is C12H20N2O3S2. The third kappa shape index (κ3) is 4.29. The number of methoxy groups -OCH3 is 1. The van der Waals surface area contributed by atoms with Crippen molar-refractivity contribution in [2.45, 2.75) is 23.5 Å². The van der Waals surface area contributed by atoms with Gasteiger partial charge in [0, 0.05) is 17.4 Å². The molecule has 1 rings (SSSR count). The van der Waals surface area contributed by atoms with Crippen LogP contribution in [0.25, 0.3) is 0 Å². The van der Waals surface area contributed by atoms with Gasteiger partial charge in [0.15, 0.2) is 0 Å². The molecule has 0 aliphatic rings. The lowest BCUT2D eigenvalue weighted by Gasteiger charge is -2.22. The van der Waals surface area contributed by atoms with Crippen molar-refractivity contribution in [3.63, 3.8) is 0 Å². The topological polar surface area (TPSA) is 81.4 Å². The molecule has 5 nitrogen and oxygen atoms in total. The number of nitrogens with one attached hydrogen (secondary N) is 1. The number of benzene rings is 1. The Morgan fingerprint density at radius 3 is 2.58 bits per heavy atom. The van der Waals surface area contributed by atoms with Crippen LogP contribution in [0.2, 0.25) is 0 Å². The summed E-state index contributed by atoms with van der Waals surface area (Å²) in [6.45, 7) is 4.30. The van der Waals surface area contributed by atoms with Crippen LogP contribution in [0.15, 0.2) is 23.1 Å². The first kappa shape index (κ1) is 16.1. The molecule has 0 saturated heterocycles. The van der Waals surface area contributed by atoms with Crippen molar-refractivity contribution in [3.8, 4) is 5.75 Å². The van der Waals surface area contributed by atoms with Crippen LogP contribution in [0.1, 0.15) is 13.8 Å². The third-order valence-electron chi connectivity index (χ3n) is 2.76. The smallest absolute Gasteiger partial charge is 0.240 e. The highest BCUT2D eigenvalue weighted by Crippen LogP contribution is 2.25. The molecule has 0 atom stereocenters. The van der Waals surface area contributed by atoms with Crippen molar-refractivity contribution in [3.05, 3.63) is 18.2 Å². The van der Waals surface area contributed by atoms with E-state index in [1.807, 2.05) is 20.1 Å². The lowest BCUT2D eigenvalue weighted by Crippen LogP contribution is -2.36. The monoisotopic (exact) mass is 304 g/mol. The number of hydrogen-bond acceptors (Lipinski definition) is 5. The van der Waals surface area contributed by atoms with Crippen LogP contribution >= 0.6 is 11.8 Å². The van der Waals surface area contributed by atoms with Crippen molar-refractivity contribution in [2.75, 3.05) is 25.6 Å². The number of hydrogen-bond donors (Lipinski definition) is 2. The summed E-state index contributed by atoms with van der Waals surface area (Å²) in [7, 11) is -2.10. The number of anilines is 1. The van der Waals surface area contributed by atoms with Crippen molar-refractivity contribution < 1.29 is 13.2 Å². The minimum absolute atomic E-state index is 0.149. The third-order valence-corrected chi connectivity index (χ3v) is 5.40. The van der Waals surface area contributed by atoms with E-state index in [4.69, 9.17) is 10.5 Å². The van der Waals surface area contributed by atoms with Crippen LogP contribution in [0.5, 0.6) is 5.75 Å². The number of ether oxygens (including phenoxy) is 1. The lowest BCUT2D eigenvalue weighted by atomic mass is 10.2. The fourth-order valence-corrected chi connectivity index (χ4v) is 2.82. The van der Waals surface area contributed by atoms with Crippen LogP contribution in [0, 0.1) is 0 Å². The summed E-state index contributed by atoms with van der Waals surface area (Å²) >= 11 is 1.60. The first-order chi connectivity index (χ1) is 8.72. The van der Waals surface area contributed by atoms with Crippen molar-refractivity contribution >= 4 is 27.5 Å². The molecule has 0 aliphatic heterocycles. The predicted molar refractivity (Wildman–Crippen MR) is 80.2 cm³/mol. The number of thioether (sulfide) groups is 1. The molecule has 19 heavy (non-hydrogen) atoms. The molecule has 7 heteroatoms. The van der Waals surface area contributed by atoms with E-state index in [0.717, 1.165) is 0 Å². The van der Waals surface area contributed by atoms with E-state index in [-0.39, 0.29) is 9.64 Å². The van der Waals surface area contributed by atoms with E-state index in [2.05, 4.69) is 4.72 Å². The molecule has 0 unspecified atom stereocenters.